The van der Waals surface area contributed by atoms with Crippen molar-refractivity contribution in [1.29, 1.82) is 0 Å². The molecule has 0 saturated carbocycles. The second-order valence-electron chi connectivity index (χ2n) is 3.80. The molecule has 1 saturated heterocycles. The standard InChI is InChI=1S/C11H10BrClN2O2/c12-10-7(13)2-1-3-8(10)15-11(17)6-4-9(16)14-5-6/h1-3,6H,4-5H2,(H,14,16)(H,15,17). The van der Waals surface area contributed by atoms with E-state index in [0.29, 0.717) is 21.7 Å². The molecule has 0 spiro atoms. The van der Waals surface area contributed by atoms with Crippen LogP contribution >= 0.6 is 27.5 Å². The zero-order chi connectivity index (χ0) is 12.4. The molecule has 1 fully saturated rings. The molecule has 0 radical (unpaired) electrons. The lowest BCUT2D eigenvalue weighted by Crippen LogP contribution is -2.24. The summed E-state index contributed by atoms with van der Waals surface area (Å²) in [6.45, 7) is 0.392. The van der Waals surface area contributed by atoms with Crippen molar-refractivity contribution in [3.05, 3.63) is 27.7 Å². The topological polar surface area (TPSA) is 58.2 Å². The molecule has 2 N–H and O–H groups in total. The molecule has 0 aliphatic carbocycles. The van der Waals surface area contributed by atoms with Gasteiger partial charge in [0.15, 0.2) is 0 Å². The van der Waals surface area contributed by atoms with E-state index in [1.54, 1.807) is 18.2 Å². The molecule has 6 heteroatoms. The fourth-order valence-corrected chi connectivity index (χ4v) is 2.16. The number of amides is 2. The van der Waals surface area contributed by atoms with Crippen LogP contribution in [0.2, 0.25) is 5.02 Å². The lowest BCUT2D eigenvalue weighted by molar-refractivity contribution is -0.123. The van der Waals surface area contributed by atoms with Gasteiger partial charge >= 0.3 is 0 Å². The smallest absolute Gasteiger partial charge is 0.229 e. The average molecular weight is 318 g/mol. The van der Waals surface area contributed by atoms with E-state index in [0.717, 1.165) is 0 Å². The Hall–Kier alpha value is -1.07. The lowest BCUT2D eigenvalue weighted by atomic mass is 10.1. The molecule has 1 heterocycles. The number of carbonyl (C=O) groups is 2. The highest BCUT2D eigenvalue weighted by Gasteiger charge is 2.28. The van der Waals surface area contributed by atoms with Gasteiger partial charge in [-0.15, -0.1) is 0 Å². The van der Waals surface area contributed by atoms with Gasteiger partial charge in [-0.3, -0.25) is 9.59 Å². The zero-order valence-corrected chi connectivity index (χ0v) is 11.1. The summed E-state index contributed by atoms with van der Waals surface area (Å²) in [5, 5.41) is 5.91. The first kappa shape index (κ1) is 12.4. The highest BCUT2D eigenvalue weighted by atomic mass is 79.9. The number of benzene rings is 1. The van der Waals surface area contributed by atoms with E-state index < -0.39 is 0 Å². The van der Waals surface area contributed by atoms with Crippen molar-refractivity contribution in [2.24, 2.45) is 5.92 Å². The molecule has 17 heavy (non-hydrogen) atoms. The van der Waals surface area contributed by atoms with Crippen LogP contribution in [0.25, 0.3) is 0 Å². The summed E-state index contributed by atoms with van der Waals surface area (Å²) in [6, 6.07) is 5.22. The van der Waals surface area contributed by atoms with Crippen LogP contribution in [0.15, 0.2) is 22.7 Å². The molecule has 4 nitrogen and oxygen atoms in total. The maximum Gasteiger partial charge on any atom is 0.229 e. The van der Waals surface area contributed by atoms with Crippen LogP contribution in [0, 0.1) is 5.92 Å². The lowest BCUT2D eigenvalue weighted by Gasteiger charge is -2.11. The highest BCUT2D eigenvalue weighted by molar-refractivity contribution is 9.10. The maximum atomic E-state index is 11.9. The van der Waals surface area contributed by atoms with Crippen LogP contribution in [0.3, 0.4) is 0 Å². The first-order valence-corrected chi connectivity index (χ1v) is 6.26. The van der Waals surface area contributed by atoms with Crippen LogP contribution in [0.1, 0.15) is 6.42 Å². The van der Waals surface area contributed by atoms with E-state index in [1.807, 2.05) is 0 Å². The van der Waals surface area contributed by atoms with Gasteiger partial charge in [-0.25, -0.2) is 0 Å². The van der Waals surface area contributed by atoms with Gasteiger partial charge in [0.05, 0.1) is 21.1 Å². The molecule has 1 aliphatic rings. The van der Waals surface area contributed by atoms with Crippen molar-refractivity contribution < 1.29 is 9.59 Å². The minimum absolute atomic E-state index is 0.0877. The van der Waals surface area contributed by atoms with Gasteiger partial charge in [0.2, 0.25) is 11.8 Å². The summed E-state index contributed by atoms with van der Waals surface area (Å²) in [7, 11) is 0. The Morgan fingerprint density at radius 3 is 2.94 bits per heavy atom. The summed E-state index contributed by atoms with van der Waals surface area (Å²) in [4.78, 5) is 22.9. The van der Waals surface area contributed by atoms with Crippen molar-refractivity contribution in [2.75, 3.05) is 11.9 Å². The van der Waals surface area contributed by atoms with Crippen molar-refractivity contribution in [3.63, 3.8) is 0 Å². The van der Waals surface area contributed by atoms with Gasteiger partial charge in [-0.05, 0) is 28.1 Å². The third kappa shape index (κ3) is 2.79. The fraction of sp³-hybridized carbons (Fsp3) is 0.273. The Balaban J connectivity index is 2.08. The SMILES string of the molecule is O=C1CC(C(=O)Nc2cccc(Cl)c2Br)CN1. The summed E-state index contributed by atoms with van der Waals surface area (Å²) < 4.78 is 0.646. The molecular formula is C11H10BrClN2O2. The second-order valence-corrected chi connectivity index (χ2v) is 5.00. The number of hydrogen-bond acceptors (Lipinski definition) is 2. The molecule has 90 valence electrons. The molecule has 0 bridgehead atoms. The average Bonchev–Trinajstić information content (AvgIpc) is 2.72. The van der Waals surface area contributed by atoms with Gasteiger partial charge in [0, 0.05) is 13.0 Å². The van der Waals surface area contributed by atoms with Crippen molar-refractivity contribution in [1.82, 2.24) is 5.32 Å². The first-order valence-electron chi connectivity index (χ1n) is 5.09. The van der Waals surface area contributed by atoms with Crippen LogP contribution in [0.5, 0.6) is 0 Å². The number of hydrogen-bond donors (Lipinski definition) is 2. The van der Waals surface area contributed by atoms with Crippen molar-refractivity contribution in [3.8, 4) is 0 Å². The van der Waals surface area contributed by atoms with Crippen LogP contribution < -0.4 is 10.6 Å². The molecule has 0 aromatic heterocycles. The summed E-state index contributed by atoms with van der Waals surface area (Å²) in [5.74, 6) is -0.574. The fourth-order valence-electron chi connectivity index (χ4n) is 1.63. The van der Waals surface area contributed by atoms with E-state index in [9.17, 15) is 9.59 Å². The van der Waals surface area contributed by atoms with Crippen molar-refractivity contribution in [2.45, 2.75) is 6.42 Å². The molecule has 2 amide bonds. The normalized spacial score (nSPS) is 18.9. The zero-order valence-electron chi connectivity index (χ0n) is 8.80. The Labute approximate surface area is 112 Å². The monoisotopic (exact) mass is 316 g/mol. The third-order valence-corrected chi connectivity index (χ3v) is 3.96. The predicted octanol–water partition coefficient (Wildman–Crippen LogP) is 2.18. The van der Waals surface area contributed by atoms with Crippen LogP contribution in [-0.2, 0) is 9.59 Å². The van der Waals surface area contributed by atoms with Crippen molar-refractivity contribution >= 4 is 45.0 Å². The number of halogens is 2. The number of anilines is 1. The molecule has 1 aromatic carbocycles. The number of carbonyl (C=O) groups excluding carboxylic acids is 2. The Morgan fingerprint density at radius 1 is 1.53 bits per heavy atom. The number of rotatable bonds is 2. The molecule has 1 atom stereocenters. The Bertz CT molecular complexity index is 479. The van der Waals surface area contributed by atoms with Gasteiger partial charge in [0.25, 0.3) is 0 Å². The quantitative estimate of drug-likeness (QED) is 0.878. The maximum absolute atomic E-state index is 11.9. The third-order valence-electron chi connectivity index (χ3n) is 2.56. The Kier molecular flexibility index (Phi) is 3.69. The minimum atomic E-state index is -0.312. The molecule has 1 unspecified atom stereocenters. The van der Waals surface area contributed by atoms with E-state index in [4.69, 9.17) is 11.6 Å². The van der Waals surface area contributed by atoms with Gasteiger partial charge in [-0.2, -0.15) is 0 Å². The largest absolute Gasteiger partial charge is 0.355 e. The molecule has 1 aliphatic heterocycles. The Morgan fingerprint density at radius 2 is 2.29 bits per heavy atom. The second kappa shape index (κ2) is 5.06. The minimum Gasteiger partial charge on any atom is -0.355 e. The predicted molar refractivity (Wildman–Crippen MR) is 68.9 cm³/mol. The van der Waals surface area contributed by atoms with E-state index in [-0.39, 0.29) is 24.2 Å². The molecular weight excluding hydrogens is 307 g/mol. The molecule has 2 rings (SSSR count). The van der Waals surface area contributed by atoms with Gasteiger partial charge in [-0.1, -0.05) is 17.7 Å². The van der Waals surface area contributed by atoms with E-state index in [1.165, 1.54) is 0 Å². The summed E-state index contributed by atoms with van der Waals surface area (Å²) in [6.07, 6.45) is 0.240. The summed E-state index contributed by atoms with van der Waals surface area (Å²) >= 11 is 9.22. The van der Waals surface area contributed by atoms with E-state index in [2.05, 4.69) is 26.6 Å². The molecule has 1 aromatic rings. The van der Waals surface area contributed by atoms with E-state index >= 15 is 0 Å². The van der Waals surface area contributed by atoms with Crippen LogP contribution in [0.4, 0.5) is 5.69 Å². The van der Waals surface area contributed by atoms with Gasteiger partial charge in [0.1, 0.15) is 0 Å². The highest BCUT2D eigenvalue weighted by Crippen LogP contribution is 2.30. The first-order chi connectivity index (χ1) is 8.08. The van der Waals surface area contributed by atoms with Gasteiger partial charge < -0.3 is 10.6 Å². The summed E-state index contributed by atoms with van der Waals surface area (Å²) in [5.41, 5.74) is 0.613. The van der Waals surface area contributed by atoms with Crippen LogP contribution in [-0.4, -0.2) is 18.4 Å². The number of nitrogens with one attached hydrogen (secondary N) is 2.